The number of aromatic nitrogens is 2. The monoisotopic (exact) mass is 260 g/mol. The van der Waals surface area contributed by atoms with Crippen LogP contribution >= 0.6 is 11.6 Å². The van der Waals surface area contributed by atoms with Crippen molar-refractivity contribution < 1.29 is 10.0 Å². The van der Waals surface area contributed by atoms with Gasteiger partial charge in [0.05, 0.1) is 11.0 Å². The molecule has 0 saturated heterocycles. The fourth-order valence-corrected chi connectivity index (χ4v) is 1.36. The van der Waals surface area contributed by atoms with E-state index in [4.69, 9.17) is 16.7 Å². The standard InChI is InChI=1S/C9H13ClN4O3/c1-6(15)3-2-4-11-8-7(14(16)17)5-12-9(10)13-8/h5-6,15H,2-4H2,1H3,(H,11,12,13). The van der Waals surface area contributed by atoms with Gasteiger partial charge in [0.1, 0.15) is 6.20 Å². The van der Waals surface area contributed by atoms with E-state index >= 15 is 0 Å². The molecule has 17 heavy (non-hydrogen) atoms. The van der Waals surface area contributed by atoms with E-state index in [1.807, 2.05) is 0 Å². The molecular formula is C9H13ClN4O3. The summed E-state index contributed by atoms with van der Waals surface area (Å²) < 4.78 is 0. The second-order valence-corrected chi connectivity index (χ2v) is 3.89. The van der Waals surface area contributed by atoms with Gasteiger partial charge in [0.25, 0.3) is 0 Å². The number of nitrogens with zero attached hydrogens (tertiary/aromatic N) is 3. The first-order valence-electron chi connectivity index (χ1n) is 5.09. The summed E-state index contributed by atoms with van der Waals surface area (Å²) >= 11 is 5.56. The lowest BCUT2D eigenvalue weighted by atomic mass is 10.2. The van der Waals surface area contributed by atoms with Gasteiger partial charge in [-0.3, -0.25) is 10.1 Å². The topological polar surface area (TPSA) is 101 Å². The van der Waals surface area contributed by atoms with Crippen molar-refractivity contribution in [1.82, 2.24) is 9.97 Å². The largest absolute Gasteiger partial charge is 0.393 e. The molecule has 1 rings (SSSR count). The average Bonchev–Trinajstić information content (AvgIpc) is 2.23. The van der Waals surface area contributed by atoms with Crippen LogP contribution in [0.5, 0.6) is 0 Å². The van der Waals surface area contributed by atoms with Crippen molar-refractivity contribution in [2.75, 3.05) is 11.9 Å². The first-order valence-corrected chi connectivity index (χ1v) is 5.47. The molecule has 0 aromatic carbocycles. The number of nitro groups is 1. The Balaban J connectivity index is 2.62. The number of rotatable bonds is 6. The molecule has 0 spiro atoms. The Morgan fingerprint density at radius 2 is 2.41 bits per heavy atom. The van der Waals surface area contributed by atoms with Gasteiger partial charge in [-0.1, -0.05) is 0 Å². The van der Waals surface area contributed by atoms with Gasteiger partial charge >= 0.3 is 5.69 Å². The van der Waals surface area contributed by atoms with Crippen molar-refractivity contribution >= 4 is 23.1 Å². The van der Waals surface area contributed by atoms with E-state index in [9.17, 15) is 10.1 Å². The minimum atomic E-state index is -0.576. The van der Waals surface area contributed by atoms with E-state index in [2.05, 4.69) is 15.3 Å². The molecule has 1 heterocycles. The molecule has 0 saturated carbocycles. The van der Waals surface area contributed by atoms with Crippen LogP contribution in [0.15, 0.2) is 6.20 Å². The third kappa shape index (κ3) is 4.49. The zero-order valence-electron chi connectivity index (χ0n) is 9.26. The molecule has 1 aromatic rings. The molecule has 1 atom stereocenters. The van der Waals surface area contributed by atoms with Crippen LogP contribution in [0.4, 0.5) is 11.5 Å². The SMILES string of the molecule is CC(O)CCCNc1nc(Cl)ncc1[N+](=O)[O-]. The molecule has 0 aliphatic carbocycles. The molecule has 0 amide bonds. The molecule has 0 aliphatic rings. The van der Waals surface area contributed by atoms with Crippen LogP contribution in [-0.4, -0.2) is 32.6 Å². The van der Waals surface area contributed by atoms with Crippen LogP contribution in [0.3, 0.4) is 0 Å². The quantitative estimate of drug-likeness (QED) is 0.349. The smallest absolute Gasteiger partial charge is 0.329 e. The van der Waals surface area contributed by atoms with Crippen molar-refractivity contribution in [3.63, 3.8) is 0 Å². The van der Waals surface area contributed by atoms with Crippen molar-refractivity contribution in [3.8, 4) is 0 Å². The summed E-state index contributed by atoms with van der Waals surface area (Å²) in [4.78, 5) is 17.4. The minimum Gasteiger partial charge on any atom is -0.393 e. The maximum Gasteiger partial charge on any atom is 0.329 e. The van der Waals surface area contributed by atoms with Gasteiger partial charge in [-0.15, -0.1) is 0 Å². The van der Waals surface area contributed by atoms with Crippen molar-refractivity contribution in [1.29, 1.82) is 0 Å². The van der Waals surface area contributed by atoms with Crippen LogP contribution in [0.1, 0.15) is 19.8 Å². The molecule has 1 unspecified atom stereocenters. The molecular weight excluding hydrogens is 248 g/mol. The highest BCUT2D eigenvalue weighted by Crippen LogP contribution is 2.21. The molecule has 0 fully saturated rings. The predicted octanol–water partition coefficient (Wildman–Crippen LogP) is 1.61. The lowest BCUT2D eigenvalue weighted by molar-refractivity contribution is -0.384. The highest BCUT2D eigenvalue weighted by Gasteiger charge is 2.16. The maximum atomic E-state index is 10.7. The number of nitrogens with one attached hydrogen (secondary N) is 1. The normalized spacial score (nSPS) is 12.2. The average molecular weight is 261 g/mol. The van der Waals surface area contributed by atoms with Gasteiger partial charge in [0.15, 0.2) is 0 Å². The third-order valence-corrected chi connectivity index (χ3v) is 2.21. The van der Waals surface area contributed by atoms with Gasteiger partial charge in [0, 0.05) is 6.54 Å². The zero-order valence-corrected chi connectivity index (χ0v) is 10.0. The number of aliphatic hydroxyl groups is 1. The van der Waals surface area contributed by atoms with Crippen LogP contribution in [-0.2, 0) is 0 Å². The Morgan fingerprint density at radius 1 is 1.71 bits per heavy atom. The zero-order chi connectivity index (χ0) is 12.8. The summed E-state index contributed by atoms with van der Waals surface area (Å²) in [6, 6.07) is 0. The summed E-state index contributed by atoms with van der Waals surface area (Å²) in [5, 5.41) is 22.5. The van der Waals surface area contributed by atoms with E-state index in [-0.39, 0.29) is 22.9 Å². The summed E-state index contributed by atoms with van der Waals surface area (Å²) in [6.45, 7) is 2.16. The van der Waals surface area contributed by atoms with E-state index in [1.165, 1.54) is 0 Å². The molecule has 0 aliphatic heterocycles. The lowest BCUT2D eigenvalue weighted by Gasteiger charge is -2.07. The van der Waals surface area contributed by atoms with E-state index in [0.717, 1.165) is 6.20 Å². The fraction of sp³-hybridized carbons (Fsp3) is 0.556. The summed E-state index contributed by atoms with van der Waals surface area (Å²) in [6.07, 6.45) is 1.96. The molecule has 1 aromatic heterocycles. The van der Waals surface area contributed by atoms with E-state index in [0.29, 0.717) is 19.4 Å². The van der Waals surface area contributed by atoms with E-state index < -0.39 is 4.92 Å². The van der Waals surface area contributed by atoms with Gasteiger partial charge in [-0.05, 0) is 31.4 Å². The number of hydrogen-bond acceptors (Lipinski definition) is 6. The molecule has 94 valence electrons. The highest BCUT2D eigenvalue weighted by atomic mass is 35.5. The van der Waals surface area contributed by atoms with Crippen molar-refractivity contribution in [2.24, 2.45) is 0 Å². The number of halogens is 1. The van der Waals surface area contributed by atoms with Gasteiger partial charge in [-0.2, -0.15) is 4.98 Å². The summed E-state index contributed by atoms with van der Waals surface area (Å²) in [5.41, 5.74) is -0.216. The van der Waals surface area contributed by atoms with Crippen LogP contribution in [0.25, 0.3) is 0 Å². The van der Waals surface area contributed by atoms with Crippen LogP contribution in [0, 0.1) is 10.1 Å². The number of anilines is 1. The number of hydrogen-bond donors (Lipinski definition) is 2. The Bertz CT molecular complexity index is 400. The molecule has 0 bridgehead atoms. The highest BCUT2D eigenvalue weighted by molar-refractivity contribution is 6.28. The molecule has 2 N–H and O–H groups in total. The maximum absolute atomic E-state index is 10.7. The predicted molar refractivity (Wildman–Crippen MR) is 63.1 cm³/mol. The van der Waals surface area contributed by atoms with Crippen LogP contribution < -0.4 is 5.32 Å². The van der Waals surface area contributed by atoms with Crippen molar-refractivity contribution in [3.05, 3.63) is 21.6 Å². The summed E-state index contributed by atoms with van der Waals surface area (Å²) in [5.74, 6) is 0.0978. The Labute approximate surface area is 103 Å². The first kappa shape index (κ1) is 13.6. The molecule has 7 nitrogen and oxygen atoms in total. The fourth-order valence-electron chi connectivity index (χ4n) is 1.22. The van der Waals surface area contributed by atoms with Gasteiger partial charge < -0.3 is 10.4 Å². The minimum absolute atomic E-state index is 0.0476. The van der Waals surface area contributed by atoms with E-state index in [1.54, 1.807) is 6.92 Å². The number of aliphatic hydroxyl groups excluding tert-OH is 1. The second-order valence-electron chi connectivity index (χ2n) is 3.55. The third-order valence-electron chi connectivity index (χ3n) is 2.03. The summed E-state index contributed by atoms with van der Waals surface area (Å²) in [7, 11) is 0. The van der Waals surface area contributed by atoms with Gasteiger partial charge in [0.2, 0.25) is 11.1 Å². The first-order chi connectivity index (χ1) is 8.00. The molecule has 8 heteroatoms. The Morgan fingerprint density at radius 3 is 3.00 bits per heavy atom. The van der Waals surface area contributed by atoms with Crippen LogP contribution in [0.2, 0.25) is 5.28 Å². The Kier molecular flexibility index (Phi) is 5.05. The van der Waals surface area contributed by atoms with Gasteiger partial charge in [-0.25, -0.2) is 4.98 Å². The lowest BCUT2D eigenvalue weighted by Crippen LogP contribution is -2.09. The van der Waals surface area contributed by atoms with Crippen molar-refractivity contribution in [2.45, 2.75) is 25.9 Å². The second kappa shape index (κ2) is 6.31. The molecule has 0 radical (unpaired) electrons. The Hall–Kier alpha value is -1.47.